The molecule has 0 bridgehead atoms. The van der Waals surface area contributed by atoms with Crippen molar-refractivity contribution in [2.24, 2.45) is 0 Å². The SMILES string of the molecule is O=C(Cc1cccc([N+](=O)[O-])c1)Nc1ccc(C2CCN(C(=O)c3cc(C(F)(F)F)ccn3)CC2)cc1. The monoisotopic (exact) mass is 512 g/mol. The van der Waals surface area contributed by atoms with Crippen LogP contribution in [0.25, 0.3) is 0 Å². The van der Waals surface area contributed by atoms with Crippen molar-refractivity contribution >= 4 is 23.2 Å². The predicted molar refractivity (Wildman–Crippen MR) is 129 cm³/mol. The third-order valence-corrected chi connectivity index (χ3v) is 6.24. The summed E-state index contributed by atoms with van der Waals surface area (Å²) in [5.74, 6) is -0.664. The number of aromatic nitrogens is 1. The molecule has 0 saturated carbocycles. The Morgan fingerprint density at radius 1 is 1.05 bits per heavy atom. The van der Waals surface area contributed by atoms with Crippen LogP contribution in [0.15, 0.2) is 66.9 Å². The minimum Gasteiger partial charge on any atom is -0.337 e. The molecule has 8 nitrogen and oxygen atoms in total. The van der Waals surface area contributed by atoms with E-state index in [-0.39, 0.29) is 29.6 Å². The summed E-state index contributed by atoms with van der Waals surface area (Å²) in [4.78, 5) is 40.8. The van der Waals surface area contributed by atoms with Gasteiger partial charge in [0, 0.05) is 37.1 Å². The summed E-state index contributed by atoms with van der Waals surface area (Å²) in [5.41, 5.74) is 0.943. The molecule has 1 N–H and O–H groups in total. The summed E-state index contributed by atoms with van der Waals surface area (Å²) in [6.07, 6.45) is -2.27. The van der Waals surface area contributed by atoms with Gasteiger partial charge in [0.05, 0.1) is 16.9 Å². The maximum atomic E-state index is 13.0. The van der Waals surface area contributed by atoms with Crippen molar-refractivity contribution < 1.29 is 27.7 Å². The fourth-order valence-corrected chi connectivity index (χ4v) is 4.31. The third kappa shape index (κ3) is 6.49. The highest BCUT2D eigenvalue weighted by molar-refractivity contribution is 5.93. The maximum absolute atomic E-state index is 13.0. The quantitative estimate of drug-likeness (QED) is 0.361. The van der Waals surface area contributed by atoms with E-state index in [0.717, 1.165) is 23.9 Å². The Hall–Kier alpha value is -4.28. The second-order valence-electron chi connectivity index (χ2n) is 8.77. The molecule has 0 spiro atoms. The second-order valence-corrected chi connectivity index (χ2v) is 8.77. The highest BCUT2D eigenvalue weighted by Gasteiger charge is 2.32. The number of nitrogens with one attached hydrogen (secondary N) is 1. The highest BCUT2D eigenvalue weighted by Crippen LogP contribution is 2.31. The number of likely N-dealkylation sites (tertiary alicyclic amines) is 1. The van der Waals surface area contributed by atoms with Crippen LogP contribution in [0.3, 0.4) is 0 Å². The molecule has 0 radical (unpaired) electrons. The lowest BCUT2D eigenvalue weighted by Crippen LogP contribution is -2.38. The van der Waals surface area contributed by atoms with Crippen LogP contribution >= 0.6 is 0 Å². The van der Waals surface area contributed by atoms with Crippen LogP contribution in [0.5, 0.6) is 0 Å². The zero-order chi connectivity index (χ0) is 26.6. The van der Waals surface area contributed by atoms with Gasteiger partial charge in [-0.05, 0) is 54.2 Å². The first-order valence-electron chi connectivity index (χ1n) is 11.6. The lowest BCUT2D eigenvalue weighted by atomic mass is 9.89. The van der Waals surface area contributed by atoms with E-state index in [1.807, 2.05) is 12.1 Å². The zero-order valence-corrected chi connectivity index (χ0v) is 19.6. The van der Waals surface area contributed by atoms with Crippen molar-refractivity contribution in [1.82, 2.24) is 9.88 Å². The molecule has 1 aromatic heterocycles. The largest absolute Gasteiger partial charge is 0.416 e. The van der Waals surface area contributed by atoms with Crippen LogP contribution in [-0.2, 0) is 17.4 Å². The van der Waals surface area contributed by atoms with Gasteiger partial charge >= 0.3 is 6.18 Å². The molecule has 2 amide bonds. The summed E-state index contributed by atoms with van der Waals surface area (Å²) in [5, 5.41) is 13.7. The van der Waals surface area contributed by atoms with E-state index in [1.54, 1.807) is 18.2 Å². The van der Waals surface area contributed by atoms with Gasteiger partial charge in [-0.3, -0.25) is 24.7 Å². The molecule has 192 valence electrons. The van der Waals surface area contributed by atoms with E-state index < -0.39 is 22.6 Å². The van der Waals surface area contributed by atoms with E-state index >= 15 is 0 Å². The van der Waals surface area contributed by atoms with Gasteiger partial charge in [0.2, 0.25) is 5.91 Å². The number of piperidine rings is 1. The zero-order valence-electron chi connectivity index (χ0n) is 19.6. The van der Waals surface area contributed by atoms with Gasteiger partial charge < -0.3 is 10.2 Å². The Bertz CT molecular complexity index is 1300. The lowest BCUT2D eigenvalue weighted by molar-refractivity contribution is -0.384. The number of non-ortho nitro benzene ring substituents is 1. The van der Waals surface area contributed by atoms with Gasteiger partial charge in [0.25, 0.3) is 11.6 Å². The Morgan fingerprint density at radius 3 is 2.41 bits per heavy atom. The molecule has 4 rings (SSSR count). The van der Waals surface area contributed by atoms with E-state index in [4.69, 9.17) is 0 Å². The first kappa shape index (κ1) is 25.8. The molecule has 3 aromatic rings. The molecule has 2 heterocycles. The highest BCUT2D eigenvalue weighted by atomic mass is 19.4. The smallest absolute Gasteiger partial charge is 0.337 e. The Morgan fingerprint density at radius 2 is 1.76 bits per heavy atom. The number of rotatable bonds is 6. The number of hydrogen-bond donors (Lipinski definition) is 1. The topological polar surface area (TPSA) is 105 Å². The molecular weight excluding hydrogens is 489 g/mol. The molecule has 37 heavy (non-hydrogen) atoms. The molecule has 2 aromatic carbocycles. The van der Waals surface area contributed by atoms with Crippen LogP contribution < -0.4 is 5.32 Å². The fraction of sp³-hybridized carbons (Fsp3) is 0.269. The number of benzene rings is 2. The molecule has 0 aliphatic carbocycles. The van der Waals surface area contributed by atoms with Crippen molar-refractivity contribution in [2.45, 2.75) is 31.4 Å². The number of anilines is 1. The number of carbonyl (C=O) groups is 2. The lowest BCUT2D eigenvalue weighted by Gasteiger charge is -2.32. The summed E-state index contributed by atoms with van der Waals surface area (Å²) in [7, 11) is 0. The van der Waals surface area contributed by atoms with Gasteiger partial charge in [-0.25, -0.2) is 0 Å². The van der Waals surface area contributed by atoms with Gasteiger partial charge in [-0.15, -0.1) is 0 Å². The standard InChI is InChI=1S/C26H23F3N4O4/c27-26(28,29)20-8-11-30-23(16-20)25(35)32-12-9-19(10-13-32)18-4-6-21(7-5-18)31-24(34)15-17-2-1-3-22(14-17)33(36)37/h1-8,11,14,16,19H,9-10,12-13,15H2,(H,31,34). The van der Waals surface area contributed by atoms with Crippen LogP contribution in [-0.4, -0.2) is 39.7 Å². The average Bonchev–Trinajstić information content (AvgIpc) is 2.88. The number of nitro groups is 1. The summed E-state index contributed by atoms with van der Waals surface area (Å²) in [6.45, 7) is 0.784. The van der Waals surface area contributed by atoms with Crippen molar-refractivity contribution in [3.63, 3.8) is 0 Å². The number of hydrogen-bond acceptors (Lipinski definition) is 5. The van der Waals surface area contributed by atoms with Crippen LogP contribution in [0.2, 0.25) is 0 Å². The number of amides is 2. The molecule has 0 unspecified atom stereocenters. The van der Waals surface area contributed by atoms with Gasteiger partial charge in [0.1, 0.15) is 5.69 Å². The van der Waals surface area contributed by atoms with Crippen molar-refractivity contribution in [2.75, 3.05) is 18.4 Å². The second kappa shape index (κ2) is 10.8. The number of halogens is 3. The number of carbonyl (C=O) groups excluding carboxylic acids is 2. The first-order valence-corrected chi connectivity index (χ1v) is 11.6. The normalized spacial score (nSPS) is 14.3. The fourth-order valence-electron chi connectivity index (χ4n) is 4.31. The van der Waals surface area contributed by atoms with Crippen molar-refractivity contribution in [3.05, 3.63) is 99.4 Å². The van der Waals surface area contributed by atoms with E-state index in [2.05, 4.69) is 10.3 Å². The van der Waals surface area contributed by atoms with E-state index in [9.17, 15) is 32.9 Å². The van der Waals surface area contributed by atoms with Gasteiger partial charge in [0.15, 0.2) is 0 Å². The van der Waals surface area contributed by atoms with Gasteiger partial charge in [-0.2, -0.15) is 13.2 Å². The Kier molecular flexibility index (Phi) is 7.51. The number of nitrogens with zero attached hydrogens (tertiary/aromatic N) is 3. The summed E-state index contributed by atoms with van der Waals surface area (Å²) >= 11 is 0. The third-order valence-electron chi connectivity index (χ3n) is 6.24. The molecule has 0 atom stereocenters. The summed E-state index contributed by atoms with van der Waals surface area (Å²) in [6, 6.07) is 14.8. The molecule has 1 fully saturated rings. The number of pyridine rings is 1. The summed E-state index contributed by atoms with van der Waals surface area (Å²) < 4.78 is 38.9. The first-order chi connectivity index (χ1) is 17.6. The van der Waals surface area contributed by atoms with Crippen LogP contribution in [0.4, 0.5) is 24.5 Å². The number of alkyl halides is 3. The Labute approximate surface area is 210 Å². The molecular formula is C26H23F3N4O4. The maximum Gasteiger partial charge on any atom is 0.416 e. The molecule has 1 aliphatic rings. The predicted octanol–water partition coefficient (Wildman–Crippen LogP) is 5.21. The van der Waals surface area contributed by atoms with E-state index in [0.29, 0.717) is 37.2 Å². The van der Waals surface area contributed by atoms with Crippen molar-refractivity contribution in [1.29, 1.82) is 0 Å². The average molecular weight is 512 g/mol. The molecule has 1 saturated heterocycles. The minimum atomic E-state index is -4.54. The molecule has 11 heteroatoms. The minimum absolute atomic E-state index is 0.00332. The van der Waals surface area contributed by atoms with Gasteiger partial charge in [-0.1, -0.05) is 24.3 Å². The number of nitro benzene ring substituents is 1. The van der Waals surface area contributed by atoms with E-state index in [1.165, 1.54) is 23.1 Å². The van der Waals surface area contributed by atoms with Crippen LogP contribution in [0.1, 0.15) is 45.9 Å². The van der Waals surface area contributed by atoms with Crippen LogP contribution in [0, 0.1) is 10.1 Å². The Balaban J connectivity index is 1.31. The molecule has 1 aliphatic heterocycles. The van der Waals surface area contributed by atoms with Crippen molar-refractivity contribution in [3.8, 4) is 0 Å².